The fourth-order valence-corrected chi connectivity index (χ4v) is 2.59. The molecule has 1 heterocycles. The van der Waals surface area contributed by atoms with Crippen LogP contribution in [0.15, 0.2) is 39.3 Å². The summed E-state index contributed by atoms with van der Waals surface area (Å²) < 4.78 is 0. The van der Waals surface area contributed by atoms with Crippen LogP contribution in [0.2, 0.25) is 0 Å². The van der Waals surface area contributed by atoms with Gasteiger partial charge in [-0.15, -0.1) is 0 Å². The average molecular weight is 161 g/mol. The number of hydrogen-bond donors (Lipinski definition) is 0. The van der Waals surface area contributed by atoms with Gasteiger partial charge in [-0.2, -0.15) is 0 Å². The van der Waals surface area contributed by atoms with E-state index >= 15 is 0 Å². The molecule has 0 aromatic carbocycles. The van der Waals surface area contributed by atoms with Gasteiger partial charge in [-0.1, -0.05) is 23.9 Å². The molecule has 0 aromatic rings. The Morgan fingerprint density at radius 1 is 1.36 bits per heavy atom. The van der Waals surface area contributed by atoms with Crippen LogP contribution in [0, 0.1) is 0 Å². The van der Waals surface area contributed by atoms with Gasteiger partial charge in [0, 0.05) is 4.91 Å². The van der Waals surface area contributed by atoms with E-state index in [-0.39, 0.29) is 0 Å². The van der Waals surface area contributed by atoms with Gasteiger partial charge in [-0.25, -0.2) is 0 Å². The highest BCUT2D eigenvalue weighted by atomic mass is 32.2. The Morgan fingerprint density at radius 3 is 3.36 bits per heavy atom. The molecule has 3 aliphatic rings. The van der Waals surface area contributed by atoms with Crippen molar-refractivity contribution >= 4 is 17.5 Å². The molecule has 0 saturated carbocycles. The third-order valence-electron chi connectivity index (χ3n) is 2.18. The zero-order valence-electron chi connectivity index (χ0n) is 6.00. The average Bonchev–Trinajstić information content (AvgIpc) is 2.58. The van der Waals surface area contributed by atoms with Crippen LogP contribution in [0.3, 0.4) is 0 Å². The molecule has 2 bridgehead atoms. The molecule has 0 fully saturated rings. The normalized spacial score (nSPS) is 25.5. The van der Waals surface area contributed by atoms with Gasteiger partial charge in [0.2, 0.25) is 0 Å². The number of thioether (sulfide) groups is 1. The Labute approximate surface area is 69.6 Å². The van der Waals surface area contributed by atoms with E-state index in [1.54, 1.807) is 0 Å². The lowest BCUT2D eigenvalue weighted by Gasteiger charge is -2.07. The second-order valence-corrected chi connectivity index (χ2v) is 3.86. The molecule has 1 nitrogen and oxygen atoms in total. The highest BCUT2D eigenvalue weighted by molar-refractivity contribution is 8.04. The lowest BCUT2D eigenvalue weighted by Crippen LogP contribution is -1.99. The second-order valence-electron chi connectivity index (χ2n) is 2.90. The van der Waals surface area contributed by atoms with E-state index < -0.39 is 0 Å². The number of rotatable bonds is 0. The lowest BCUT2D eigenvalue weighted by atomic mass is 10.0. The Bertz CT molecular complexity index is 345. The molecule has 2 heteroatoms. The van der Waals surface area contributed by atoms with Crippen LogP contribution < -0.4 is 0 Å². The molecule has 1 aliphatic heterocycles. The molecular weight excluding hydrogens is 154 g/mol. The van der Waals surface area contributed by atoms with E-state index in [4.69, 9.17) is 0 Å². The van der Waals surface area contributed by atoms with E-state index in [2.05, 4.69) is 23.2 Å². The maximum atomic E-state index is 4.40. The number of aliphatic imine (C=N–C) groups is 1. The summed E-state index contributed by atoms with van der Waals surface area (Å²) in [5.74, 6) is 0.922. The predicted octanol–water partition coefficient (Wildman–Crippen LogP) is 2.29. The summed E-state index contributed by atoms with van der Waals surface area (Å²) in [4.78, 5) is 5.82. The monoisotopic (exact) mass is 161 g/mol. The van der Waals surface area contributed by atoms with Crippen molar-refractivity contribution in [2.75, 3.05) is 5.88 Å². The predicted molar refractivity (Wildman–Crippen MR) is 48.8 cm³/mol. The molecule has 0 N–H and O–H groups in total. The minimum absolute atomic E-state index is 0.922. The van der Waals surface area contributed by atoms with Gasteiger partial charge in [0.15, 0.2) is 0 Å². The summed E-state index contributed by atoms with van der Waals surface area (Å²) in [6, 6.07) is 0. The maximum Gasteiger partial charge on any atom is 0.0898 e. The molecular formula is C9H7NS. The van der Waals surface area contributed by atoms with Crippen molar-refractivity contribution in [3.63, 3.8) is 0 Å². The standard InChI is InChI=1S/C9H7NS/c1-2-7-3-6(1)4-8-9(7)11-5-10-8/h1-2,4H,3,5H2. The van der Waals surface area contributed by atoms with Crippen molar-refractivity contribution < 1.29 is 0 Å². The number of allylic oxidation sites excluding steroid dienone is 6. The number of nitrogens with zero attached hydrogens (tertiary/aromatic N) is 1. The van der Waals surface area contributed by atoms with Gasteiger partial charge in [0.25, 0.3) is 0 Å². The highest BCUT2D eigenvalue weighted by Crippen LogP contribution is 2.39. The molecule has 0 atom stereocenters. The minimum Gasteiger partial charge on any atom is -0.273 e. The molecule has 0 unspecified atom stereocenters. The molecule has 0 amide bonds. The van der Waals surface area contributed by atoms with Crippen molar-refractivity contribution in [3.05, 3.63) is 34.3 Å². The molecule has 3 rings (SSSR count). The molecule has 54 valence electrons. The van der Waals surface area contributed by atoms with Crippen molar-refractivity contribution in [1.29, 1.82) is 0 Å². The molecule has 2 aliphatic carbocycles. The summed E-state index contributed by atoms with van der Waals surface area (Å²) in [6.45, 7) is 0. The molecule has 0 aromatic heterocycles. The number of hydrogen-bond acceptors (Lipinski definition) is 2. The highest BCUT2D eigenvalue weighted by Gasteiger charge is 2.23. The summed E-state index contributed by atoms with van der Waals surface area (Å²) in [5.41, 5.74) is 4.12. The minimum atomic E-state index is 0.922. The zero-order chi connectivity index (χ0) is 7.26. The van der Waals surface area contributed by atoms with Crippen molar-refractivity contribution in [3.8, 4) is 0 Å². The van der Waals surface area contributed by atoms with E-state index in [9.17, 15) is 0 Å². The molecule has 11 heavy (non-hydrogen) atoms. The molecule has 0 spiro atoms. The number of fused-ring (bicyclic) bond motifs is 3. The van der Waals surface area contributed by atoms with Crippen molar-refractivity contribution in [2.45, 2.75) is 6.42 Å². The Kier molecular flexibility index (Phi) is 1.00. The van der Waals surface area contributed by atoms with Crippen molar-refractivity contribution in [2.24, 2.45) is 4.99 Å². The first kappa shape index (κ1) is 5.84. The van der Waals surface area contributed by atoms with Gasteiger partial charge >= 0.3 is 0 Å². The summed E-state index contributed by atoms with van der Waals surface area (Å²) >= 11 is 1.87. The van der Waals surface area contributed by atoms with E-state index in [0.717, 1.165) is 12.3 Å². The van der Waals surface area contributed by atoms with Gasteiger partial charge in [0.1, 0.15) is 0 Å². The zero-order valence-corrected chi connectivity index (χ0v) is 6.82. The van der Waals surface area contributed by atoms with E-state index in [1.165, 1.54) is 21.8 Å². The van der Waals surface area contributed by atoms with Crippen LogP contribution in [0.1, 0.15) is 6.42 Å². The fraction of sp³-hybridized carbons (Fsp3) is 0.222. The van der Waals surface area contributed by atoms with Crippen LogP contribution in [0.25, 0.3) is 0 Å². The summed E-state index contributed by atoms with van der Waals surface area (Å²) in [6.07, 6.45) is 7.77. The molecule has 0 saturated heterocycles. The van der Waals surface area contributed by atoms with Crippen LogP contribution in [0.4, 0.5) is 0 Å². The Hall–Kier alpha value is -0.760. The first-order valence-corrected chi connectivity index (χ1v) is 4.71. The van der Waals surface area contributed by atoms with Crippen LogP contribution in [0.5, 0.6) is 0 Å². The van der Waals surface area contributed by atoms with Crippen LogP contribution in [-0.4, -0.2) is 11.6 Å². The van der Waals surface area contributed by atoms with Crippen LogP contribution in [-0.2, 0) is 0 Å². The van der Waals surface area contributed by atoms with Gasteiger partial charge in [0.05, 0.1) is 11.6 Å². The van der Waals surface area contributed by atoms with Gasteiger partial charge in [-0.3, -0.25) is 4.99 Å². The summed E-state index contributed by atoms with van der Waals surface area (Å²) in [5, 5.41) is 0. The molecule has 0 radical (unpaired) electrons. The topological polar surface area (TPSA) is 12.4 Å². The third-order valence-corrected chi connectivity index (χ3v) is 3.20. The largest absolute Gasteiger partial charge is 0.273 e. The second kappa shape index (κ2) is 1.89. The SMILES string of the molecule is C1=CC2=C3SCN=C3C=C1C2. The Morgan fingerprint density at radius 2 is 2.36 bits per heavy atom. The maximum absolute atomic E-state index is 4.40. The van der Waals surface area contributed by atoms with Crippen LogP contribution >= 0.6 is 11.8 Å². The smallest absolute Gasteiger partial charge is 0.0898 e. The fourth-order valence-electron chi connectivity index (χ4n) is 1.66. The first-order valence-electron chi connectivity index (χ1n) is 3.73. The quantitative estimate of drug-likeness (QED) is 0.531. The third kappa shape index (κ3) is 0.703. The van der Waals surface area contributed by atoms with Gasteiger partial charge in [-0.05, 0) is 23.6 Å². The van der Waals surface area contributed by atoms with Gasteiger partial charge < -0.3 is 0 Å². The van der Waals surface area contributed by atoms with E-state index in [1.807, 2.05) is 11.8 Å². The first-order chi connectivity index (χ1) is 5.43. The summed E-state index contributed by atoms with van der Waals surface area (Å²) in [7, 11) is 0. The Balaban J connectivity index is 2.27. The van der Waals surface area contributed by atoms with E-state index in [0.29, 0.717) is 0 Å². The van der Waals surface area contributed by atoms with Crippen molar-refractivity contribution in [1.82, 2.24) is 0 Å². The lowest BCUT2D eigenvalue weighted by molar-refractivity contribution is 1.25.